The molecule has 0 unspecified atom stereocenters. The second-order valence-electron chi connectivity index (χ2n) is 7.44. The van der Waals surface area contributed by atoms with Crippen molar-refractivity contribution in [2.75, 3.05) is 27.2 Å². The van der Waals surface area contributed by atoms with Crippen LogP contribution in [-0.2, 0) is 16.8 Å². The smallest absolute Gasteiger partial charge is 0.241 e. The zero-order chi connectivity index (χ0) is 20.0. The quantitative estimate of drug-likeness (QED) is 0.328. The lowest BCUT2D eigenvalue weighted by Gasteiger charge is -2.20. The van der Waals surface area contributed by atoms with Gasteiger partial charge in [0, 0.05) is 31.1 Å². The lowest BCUT2D eigenvalue weighted by Crippen LogP contribution is -2.45. The Morgan fingerprint density at radius 1 is 1.10 bits per heavy atom. The molecule has 0 aliphatic heterocycles. The molecule has 29 heavy (non-hydrogen) atoms. The Morgan fingerprint density at radius 3 is 2.45 bits per heavy atom. The molecule has 1 aliphatic carbocycles. The molecule has 1 fully saturated rings. The molecule has 0 saturated heterocycles. The van der Waals surface area contributed by atoms with E-state index >= 15 is 0 Å². The fraction of sp³-hybridized carbons (Fsp3) is 0.364. The first-order chi connectivity index (χ1) is 13.5. The van der Waals surface area contributed by atoms with Gasteiger partial charge >= 0.3 is 0 Å². The Labute approximate surface area is 194 Å². The molecule has 3 rings (SSSR count). The van der Waals surface area contributed by atoms with Crippen LogP contribution < -0.4 is 10.6 Å². The third kappa shape index (κ3) is 6.89. The van der Waals surface area contributed by atoms with Gasteiger partial charge in [0.05, 0.1) is 13.1 Å². The van der Waals surface area contributed by atoms with Gasteiger partial charge in [-0.05, 0) is 36.1 Å². The highest BCUT2D eigenvalue weighted by Gasteiger charge is 2.44. The van der Waals surface area contributed by atoms with Crippen LogP contribution in [0.5, 0.6) is 0 Å². The number of amides is 1. The predicted molar refractivity (Wildman–Crippen MR) is 130 cm³/mol. The molecule has 1 saturated carbocycles. The number of carbonyl (C=O) groups excluding carboxylic acids is 1. The van der Waals surface area contributed by atoms with Crippen molar-refractivity contribution in [3.8, 4) is 0 Å². The van der Waals surface area contributed by atoms with Crippen molar-refractivity contribution >= 4 is 47.4 Å². The zero-order valence-electron chi connectivity index (χ0n) is 16.8. The number of hydrogen-bond acceptors (Lipinski definition) is 2. The van der Waals surface area contributed by atoms with E-state index in [4.69, 9.17) is 11.6 Å². The zero-order valence-corrected chi connectivity index (χ0v) is 19.9. The first kappa shape index (κ1) is 23.5. The minimum Gasteiger partial charge on any atom is -0.355 e. The molecule has 0 heterocycles. The monoisotopic (exact) mass is 526 g/mol. The summed E-state index contributed by atoms with van der Waals surface area (Å²) in [6.07, 6.45) is 2.23. The lowest BCUT2D eigenvalue weighted by atomic mass is 9.96. The molecule has 2 aromatic carbocycles. The molecule has 1 aliphatic rings. The highest BCUT2D eigenvalue weighted by molar-refractivity contribution is 14.0. The van der Waals surface area contributed by atoms with Crippen molar-refractivity contribution in [1.82, 2.24) is 15.5 Å². The lowest BCUT2D eigenvalue weighted by molar-refractivity contribution is -0.127. The van der Waals surface area contributed by atoms with Crippen LogP contribution in [0, 0.1) is 0 Å². The van der Waals surface area contributed by atoms with E-state index in [9.17, 15) is 4.79 Å². The Hall–Kier alpha value is -1.80. The fourth-order valence-corrected chi connectivity index (χ4v) is 3.23. The van der Waals surface area contributed by atoms with Crippen LogP contribution in [0.3, 0.4) is 0 Å². The van der Waals surface area contributed by atoms with E-state index in [0.717, 1.165) is 30.0 Å². The highest BCUT2D eigenvalue weighted by atomic mass is 127. The molecule has 0 bridgehead atoms. The summed E-state index contributed by atoms with van der Waals surface area (Å²) in [6, 6.07) is 18.1. The number of rotatable bonds is 7. The molecule has 156 valence electrons. The minimum absolute atomic E-state index is 0. The number of aliphatic imine (C=N–C) groups is 1. The van der Waals surface area contributed by atoms with Crippen LogP contribution in [0.15, 0.2) is 59.6 Å². The Bertz CT molecular complexity index is 838. The number of carbonyl (C=O) groups is 1. The van der Waals surface area contributed by atoms with Crippen LogP contribution in [0.1, 0.15) is 24.0 Å². The van der Waals surface area contributed by atoms with E-state index in [1.807, 2.05) is 48.5 Å². The van der Waals surface area contributed by atoms with Gasteiger partial charge in [-0.2, -0.15) is 0 Å². The van der Waals surface area contributed by atoms with Gasteiger partial charge in [-0.25, -0.2) is 4.99 Å². The fourth-order valence-electron chi connectivity index (χ4n) is 3.04. The molecule has 0 atom stereocenters. The molecule has 2 N–H and O–H groups in total. The summed E-state index contributed by atoms with van der Waals surface area (Å²) in [5, 5.41) is 7.35. The van der Waals surface area contributed by atoms with Gasteiger partial charge < -0.3 is 15.5 Å². The average Bonchev–Trinajstić information content (AvgIpc) is 3.49. The maximum absolute atomic E-state index is 12.0. The van der Waals surface area contributed by atoms with Gasteiger partial charge in [0.15, 0.2) is 5.96 Å². The Morgan fingerprint density at radius 2 is 1.83 bits per heavy atom. The number of benzene rings is 2. The number of nitrogens with zero attached hydrogens (tertiary/aromatic N) is 2. The van der Waals surface area contributed by atoms with Crippen LogP contribution in [0.25, 0.3) is 0 Å². The summed E-state index contributed by atoms with van der Waals surface area (Å²) in [7, 11) is 3.49. The Balaban J connectivity index is 0.00000300. The van der Waals surface area contributed by atoms with Gasteiger partial charge in [-0.15, -0.1) is 24.0 Å². The summed E-state index contributed by atoms with van der Waals surface area (Å²) >= 11 is 6.17. The van der Waals surface area contributed by atoms with Gasteiger partial charge in [-0.3, -0.25) is 4.79 Å². The molecule has 1 amide bonds. The molecule has 7 heteroatoms. The largest absolute Gasteiger partial charge is 0.355 e. The summed E-state index contributed by atoms with van der Waals surface area (Å²) in [5.74, 6) is 0.651. The van der Waals surface area contributed by atoms with E-state index < -0.39 is 0 Å². The number of hydrogen-bond donors (Lipinski definition) is 2. The molecule has 0 spiro atoms. The first-order valence-electron chi connectivity index (χ1n) is 9.51. The predicted octanol–water partition coefficient (Wildman–Crippen LogP) is 3.81. The summed E-state index contributed by atoms with van der Waals surface area (Å²) < 4.78 is 0. The first-order valence-corrected chi connectivity index (χ1v) is 9.89. The van der Waals surface area contributed by atoms with E-state index in [0.29, 0.717) is 12.5 Å². The normalized spacial score (nSPS) is 14.5. The topological polar surface area (TPSA) is 56.7 Å². The highest BCUT2D eigenvalue weighted by Crippen LogP contribution is 2.48. The second kappa shape index (κ2) is 10.8. The van der Waals surface area contributed by atoms with Gasteiger partial charge in [-0.1, -0.05) is 54.1 Å². The molecule has 2 aromatic rings. The van der Waals surface area contributed by atoms with Gasteiger partial charge in [0.1, 0.15) is 0 Å². The third-order valence-corrected chi connectivity index (χ3v) is 5.29. The number of likely N-dealkylation sites (N-methyl/N-ethyl adjacent to an activating group) is 1. The van der Waals surface area contributed by atoms with Crippen molar-refractivity contribution < 1.29 is 4.79 Å². The van der Waals surface area contributed by atoms with E-state index in [-0.39, 0.29) is 41.8 Å². The van der Waals surface area contributed by atoms with Crippen molar-refractivity contribution in [2.24, 2.45) is 4.99 Å². The van der Waals surface area contributed by atoms with Crippen LogP contribution in [0.2, 0.25) is 5.02 Å². The van der Waals surface area contributed by atoms with Gasteiger partial charge in [0.2, 0.25) is 5.91 Å². The second-order valence-corrected chi connectivity index (χ2v) is 7.87. The standard InChI is InChI=1S/C22H27ClN4O.HI/c1-27(2)20(28)15-25-21(24-14-17-7-4-3-5-8-17)26-16-22(11-12-22)18-9-6-10-19(23)13-18;/h3-10,13H,11-12,14-16H2,1-2H3,(H2,24,25,26);1H. The molecule has 0 aromatic heterocycles. The van der Waals surface area contributed by atoms with Crippen molar-refractivity contribution in [3.63, 3.8) is 0 Å². The average molecular weight is 527 g/mol. The SMILES string of the molecule is CN(C)C(=O)CNC(=NCc1ccccc1)NCC1(c2cccc(Cl)c2)CC1.I. The Kier molecular flexibility index (Phi) is 8.77. The van der Waals surface area contributed by atoms with E-state index in [1.165, 1.54) is 5.56 Å². The van der Waals surface area contributed by atoms with Crippen molar-refractivity contribution in [2.45, 2.75) is 24.8 Å². The van der Waals surface area contributed by atoms with Crippen LogP contribution >= 0.6 is 35.6 Å². The van der Waals surface area contributed by atoms with E-state index in [1.54, 1.807) is 19.0 Å². The molecular weight excluding hydrogens is 499 g/mol. The van der Waals surface area contributed by atoms with Crippen molar-refractivity contribution in [1.29, 1.82) is 0 Å². The summed E-state index contributed by atoms with van der Waals surface area (Å²) in [4.78, 5) is 18.2. The number of halogens is 2. The number of guanidine groups is 1. The van der Waals surface area contributed by atoms with E-state index in [2.05, 4.69) is 21.7 Å². The maximum atomic E-state index is 12.0. The molecular formula is C22H28ClIN4O. The molecule has 5 nitrogen and oxygen atoms in total. The van der Waals surface area contributed by atoms with Crippen molar-refractivity contribution in [3.05, 3.63) is 70.7 Å². The number of nitrogens with one attached hydrogen (secondary N) is 2. The summed E-state index contributed by atoms with van der Waals surface area (Å²) in [5.41, 5.74) is 2.46. The van der Waals surface area contributed by atoms with Crippen LogP contribution in [0.4, 0.5) is 0 Å². The summed E-state index contributed by atoms with van der Waals surface area (Å²) in [6.45, 7) is 1.51. The maximum Gasteiger partial charge on any atom is 0.241 e. The van der Waals surface area contributed by atoms with Gasteiger partial charge in [0.25, 0.3) is 0 Å². The van der Waals surface area contributed by atoms with Crippen LogP contribution in [-0.4, -0.2) is 44.0 Å². The minimum atomic E-state index is 0. The third-order valence-electron chi connectivity index (χ3n) is 5.05. The molecule has 0 radical (unpaired) electrons.